The minimum Gasteiger partial charge on any atom is -0.454 e. The number of nitrogens with zero attached hydrogens (tertiary/aromatic N) is 4. The monoisotopic (exact) mass is 990 g/mol. The molecule has 7 aromatic rings. The molecule has 0 bridgehead atoms. The maximum Gasteiger partial charge on any atom is 0.266 e. The van der Waals surface area contributed by atoms with Crippen molar-refractivity contribution >= 4 is 60.5 Å². The van der Waals surface area contributed by atoms with Crippen molar-refractivity contribution in [1.29, 1.82) is 0 Å². The van der Waals surface area contributed by atoms with Gasteiger partial charge in [0.1, 0.15) is 11.5 Å². The molecule has 0 aromatic heterocycles. The summed E-state index contributed by atoms with van der Waals surface area (Å²) in [7, 11) is -3.76. The van der Waals surface area contributed by atoms with Gasteiger partial charge in [0.05, 0.1) is 59.9 Å². The highest BCUT2D eigenvalue weighted by Crippen LogP contribution is 2.61. The summed E-state index contributed by atoms with van der Waals surface area (Å²) in [6.07, 6.45) is -0.742. The zero-order chi connectivity index (χ0) is 50.3. The molecule has 366 valence electrons. The van der Waals surface area contributed by atoms with Crippen LogP contribution in [0.1, 0.15) is 56.3 Å². The van der Waals surface area contributed by atoms with Gasteiger partial charge in [0.15, 0.2) is 17.1 Å². The van der Waals surface area contributed by atoms with E-state index in [1.807, 2.05) is 104 Å². The first-order valence-corrected chi connectivity index (χ1v) is 27.6. The standard InChI is InChI=1S/C59H51FN4O8Si/c1-36-55(73(2,3)60)53(32-54(66)61-34-39-15-5-4-14-38(39)30-42(61)35-65)72-59(36)45-31-41(64-48-19-9-13-23-52(48)71-50-21-11-7-17-44(50)57(64)68)28-29-46(45)62(58(59)69)33-37-24-26-40(27-25-37)63-47-18-8-12-22-51(47)70-49-20-10-6-16-43(49)56(63)67/h4-29,31,36,42,53,55,65H,30,32-35H2,1-3H3/t36-,42-,53+,55-,59+/m0/s1. The van der Waals surface area contributed by atoms with Gasteiger partial charge < -0.3 is 33.2 Å². The van der Waals surface area contributed by atoms with E-state index in [1.54, 1.807) is 99.4 Å². The predicted octanol–water partition coefficient (Wildman–Crippen LogP) is 11.5. The second-order valence-electron chi connectivity index (χ2n) is 20.0. The number of rotatable bonds is 8. The third-order valence-electron chi connectivity index (χ3n) is 15.3. The van der Waals surface area contributed by atoms with E-state index in [2.05, 4.69) is 0 Å². The second-order valence-corrected chi connectivity index (χ2v) is 23.8. The van der Waals surface area contributed by atoms with Crippen molar-refractivity contribution in [2.45, 2.75) is 69.2 Å². The lowest BCUT2D eigenvalue weighted by molar-refractivity contribution is -0.151. The van der Waals surface area contributed by atoms with Crippen molar-refractivity contribution in [1.82, 2.24) is 4.90 Å². The zero-order valence-electron chi connectivity index (χ0n) is 40.4. The molecular formula is C59H51FN4O8Si. The van der Waals surface area contributed by atoms with Crippen LogP contribution < -0.4 is 24.2 Å². The average molecular weight is 991 g/mol. The molecule has 5 atom stereocenters. The zero-order valence-corrected chi connectivity index (χ0v) is 41.4. The number of carbonyl (C=O) groups is 4. The van der Waals surface area contributed by atoms with Gasteiger partial charge in [-0.15, -0.1) is 0 Å². The first-order valence-electron chi connectivity index (χ1n) is 24.6. The van der Waals surface area contributed by atoms with Crippen molar-refractivity contribution < 1.29 is 42.6 Å². The van der Waals surface area contributed by atoms with Crippen LogP contribution in [-0.2, 0) is 39.4 Å². The molecule has 1 saturated heterocycles. The first-order chi connectivity index (χ1) is 35.3. The summed E-state index contributed by atoms with van der Waals surface area (Å²) in [4.78, 5) is 66.1. The summed E-state index contributed by atoms with van der Waals surface area (Å²) in [6, 6.07) is 48.9. The van der Waals surface area contributed by atoms with Gasteiger partial charge in [-0.3, -0.25) is 29.0 Å². The summed E-state index contributed by atoms with van der Waals surface area (Å²) < 4.78 is 37.0. The Morgan fingerprint density at radius 1 is 0.671 bits per heavy atom. The molecule has 12 nitrogen and oxygen atoms in total. The number of fused-ring (bicyclic) bond motifs is 7. The molecule has 5 heterocycles. The lowest BCUT2D eigenvalue weighted by Crippen LogP contribution is -2.48. The molecule has 1 fully saturated rings. The van der Waals surface area contributed by atoms with Crippen LogP contribution in [0.3, 0.4) is 0 Å². The van der Waals surface area contributed by atoms with Gasteiger partial charge in [-0.2, -0.15) is 0 Å². The van der Waals surface area contributed by atoms with Crippen molar-refractivity contribution in [3.05, 3.63) is 197 Å². The number of para-hydroxylation sites is 6. The molecule has 7 aromatic carbocycles. The summed E-state index contributed by atoms with van der Waals surface area (Å²) in [5, 5.41) is 10.6. The Bertz CT molecular complexity index is 3400. The molecule has 5 aliphatic rings. The summed E-state index contributed by atoms with van der Waals surface area (Å²) in [5.74, 6) is -0.273. The molecule has 1 N–H and O–H groups in total. The maximum atomic E-state index is 17.3. The van der Waals surface area contributed by atoms with Crippen LogP contribution in [0.2, 0.25) is 18.6 Å². The molecule has 14 heteroatoms. The van der Waals surface area contributed by atoms with Gasteiger partial charge >= 0.3 is 0 Å². The van der Waals surface area contributed by atoms with Gasteiger partial charge in [0.2, 0.25) is 14.3 Å². The molecule has 0 unspecified atom stereocenters. The Kier molecular flexibility index (Phi) is 11.2. The van der Waals surface area contributed by atoms with Crippen LogP contribution in [0.5, 0.6) is 23.0 Å². The number of anilines is 5. The quantitative estimate of drug-likeness (QED) is 0.118. The van der Waals surface area contributed by atoms with Crippen molar-refractivity contribution in [3.63, 3.8) is 0 Å². The Morgan fingerprint density at radius 2 is 1.21 bits per heavy atom. The number of amides is 4. The maximum absolute atomic E-state index is 17.3. The molecular weight excluding hydrogens is 940 g/mol. The molecule has 1 spiro atoms. The van der Waals surface area contributed by atoms with Gasteiger partial charge in [-0.1, -0.05) is 91.9 Å². The van der Waals surface area contributed by atoms with E-state index >= 15 is 8.90 Å². The largest absolute Gasteiger partial charge is 0.454 e. The van der Waals surface area contributed by atoms with Gasteiger partial charge in [0.25, 0.3) is 17.7 Å². The number of hydrogen-bond acceptors (Lipinski definition) is 8. The Balaban J connectivity index is 0.946. The fourth-order valence-corrected chi connectivity index (χ4v) is 14.4. The van der Waals surface area contributed by atoms with E-state index < -0.39 is 43.5 Å². The number of carbonyl (C=O) groups excluding carboxylic acids is 4. The first kappa shape index (κ1) is 46.2. The van der Waals surface area contributed by atoms with E-state index in [0.29, 0.717) is 74.5 Å². The smallest absolute Gasteiger partial charge is 0.266 e. The SMILES string of the molecule is C[C@H]1[C@H]([Si](C)(C)F)[C@@H](CC(=O)N2Cc3ccccc3C[C@H]2CO)O[C@]12C(=O)N(Cc1ccc(N3C(=O)c4ccccc4Oc4ccccc43)cc1)c1ccc(N3C(=O)c4ccccc4Oc4ccccc43)cc12. The fourth-order valence-electron chi connectivity index (χ4n) is 11.9. The summed E-state index contributed by atoms with van der Waals surface area (Å²) >= 11 is 0. The van der Waals surface area contributed by atoms with Crippen LogP contribution in [0.4, 0.5) is 32.5 Å². The van der Waals surface area contributed by atoms with Crippen LogP contribution in [0.15, 0.2) is 164 Å². The highest BCUT2D eigenvalue weighted by atomic mass is 28.4. The number of aliphatic hydroxyl groups excluding tert-OH is 1. The van der Waals surface area contributed by atoms with E-state index in [9.17, 15) is 19.5 Å². The highest BCUT2D eigenvalue weighted by molar-refractivity contribution is 6.72. The van der Waals surface area contributed by atoms with Crippen LogP contribution in [0, 0.1) is 5.92 Å². The summed E-state index contributed by atoms with van der Waals surface area (Å²) in [5.41, 5.74) is 3.97. The topological polar surface area (TPSA) is 129 Å². The number of halogens is 1. The van der Waals surface area contributed by atoms with Gasteiger partial charge in [-0.05, 0) is 115 Å². The molecule has 0 radical (unpaired) electrons. The third kappa shape index (κ3) is 7.53. The molecule has 4 amide bonds. The van der Waals surface area contributed by atoms with E-state index in [4.69, 9.17) is 14.2 Å². The van der Waals surface area contributed by atoms with Crippen molar-refractivity contribution in [2.24, 2.45) is 5.92 Å². The number of benzene rings is 7. The Hall–Kier alpha value is -7.91. The van der Waals surface area contributed by atoms with Gasteiger partial charge in [-0.25, -0.2) is 0 Å². The van der Waals surface area contributed by atoms with Crippen LogP contribution in [0.25, 0.3) is 0 Å². The summed E-state index contributed by atoms with van der Waals surface area (Å²) in [6.45, 7) is 5.15. The van der Waals surface area contributed by atoms with Crippen LogP contribution in [-0.4, -0.2) is 60.8 Å². The minimum absolute atomic E-state index is 0.0720. The molecule has 5 aliphatic heterocycles. The molecule has 12 rings (SSSR count). The Labute approximate surface area is 422 Å². The van der Waals surface area contributed by atoms with Crippen molar-refractivity contribution in [3.8, 4) is 23.0 Å². The fraction of sp³-hybridized carbons (Fsp3) is 0.220. The number of ether oxygens (including phenoxy) is 3. The molecule has 0 saturated carbocycles. The second kappa shape index (κ2) is 17.7. The van der Waals surface area contributed by atoms with E-state index in [-0.39, 0.29) is 43.8 Å². The lowest BCUT2D eigenvalue weighted by atomic mass is 9.82. The van der Waals surface area contributed by atoms with E-state index in [0.717, 1.165) is 16.7 Å². The predicted molar refractivity (Wildman–Crippen MR) is 277 cm³/mol. The van der Waals surface area contributed by atoms with Gasteiger partial charge in [0, 0.05) is 34.9 Å². The van der Waals surface area contributed by atoms with Crippen LogP contribution >= 0.6 is 0 Å². The Morgan fingerprint density at radius 3 is 1.81 bits per heavy atom. The minimum atomic E-state index is -3.76. The van der Waals surface area contributed by atoms with E-state index in [1.165, 1.54) is 0 Å². The van der Waals surface area contributed by atoms with Crippen molar-refractivity contribution in [2.75, 3.05) is 21.3 Å². The molecule has 73 heavy (non-hydrogen) atoms. The lowest BCUT2D eigenvalue weighted by Gasteiger charge is -2.37. The normalized spacial score (nSPS) is 21.8. The third-order valence-corrected chi connectivity index (χ3v) is 17.8. The molecule has 0 aliphatic carbocycles. The number of hydrogen-bond donors (Lipinski definition) is 1. The highest BCUT2D eigenvalue weighted by Gasteiger charge is 2.67. The average Bonchev–Trinajstić information content (AvgIpc) is 3.72. The number of aliphatic hydroxyl groups is 1.